The summed E-state index contributed by atoms with van der Waals surface area (Å²) in [4.78, 5) is 10.3. The Labute approximate surface area is 228 Å². The van der Waals surface area contributed by atoms with Crippen LogP contribution in [0, 0.1) is 0 Å². The van der Waals surface area contributed by atoms with Crippen LogP contribution in [0.25, 0.3) is 86.7 Å². The number of nitrogens with zero attached hydrogens (tertiary/aromatic N) is 2. The van der Waals surface area contributed by atoms with Gasteiger partial charge in [-0.3, -0.25) is 0 Å². The van der Waals surface area contributed by atoms with Gasteiger partial charge in [-0.2, -0.15) is 0 Å². The molecule has 0 saturated heterocycles. The van der Waals surface area contributed by atoms with E-state index in [4.69, 9.17) is 9.97 Å². The summed E-state index contributed by atoms with van der Waals surface area (Å²) in [5.74, 6) is 0.771. The monoisotopic (exact) mass is 512 g/mol. The van der Waals surface area contributed by atoms with Crippen LogP contribution < -0.4 is 0 Å². The predicted octanol–water partition coefficient (Wildman–Crippen LogP) is 10.1. The van der Waals surface area contributed by atoms with Crippen molar-refractivity contribution in [3.8, 4) is 44.9 Å². The minimum Gasteiger partial charge on any atom is -0.228 e. The zero-order chi connectivity index (χ0) is 25.5. The SMILES string of the molecule is c1ccc(-c2nc(-c3ccc4c5c3sc3cccc(c35)-c3cccc5cccc-4c35)nc3ccccc23)cc1. The molecule has 0 bridgehead atoms. The number of benzene rings is 6. The lowest BCUT2D eigenvalue weighted by atomic mass is 9.93. The topological polar surface area (TPSA) is 25.8 Å². The summed E-state index contributed by atoms with van der Waals surface area (Å²) in [7, 11) is 0. The molecule has 39 heavy (non-hydrogen) atoms. The van der Waals surface area contributed by atoms with Crippen LogP contribution in [-0.2, 0) is 0 Å². The number of fused-ring (bicyclic) bond motifs is 3. The van der Waals surface area contributed by atoms with Crippen molar-refractivity contribution in [2.24, 2.45) is 0 Å². The first-order valence-electron chi connectivity index (χ1n) is 13.2. The molecule has 0 fully saturated rings. The fourth-order valence-electron chi connectivity index (χ4n) is 6.35. The van der Waals surface area contributed by atoms with Crippen LogP contribution in [0.15, 0.2) is 121 Å². The third kappa shape index (κ3) is 2.91. The summed E-state index contributed by atoms with van der Waals surface area (Å²) in [6.07, 6.45) is 0. The lowest BCUT2D eigenvalue weighted by Gasteiger charge is -2.12. The summed E-state index contributed by atoms with van der Waals surface area (Å²) in [5.41, 5.74) is 9.30. The zero-order valence-electron chi connectivity index (χ0n) is 20.8. The normalized spacial score (nSPS) is 12.1. The molecule has 9 rings (SSSR count). The van der Waals surface area contributed by atoms with E-state index in [2.05, 4.69) is 115 Å². The number of hydrogen-bond acceptors (Lipinski definition) is 3. The highest BCUT2D eigenvalue weighted by Gasteiger charge is 2.24. The second-order valence-electron chi connectivity index (χ2n) is 10.1. The van der Waals surface area contributed by atoms with Crippen molar-refractivity contribution in [1.82, 2.24) is 9.97 Å². The maximum absolute atomic E-state index is 5.23. The van der Waals surface area contributed by atoms with Crippen molar-refractivity contribution in [3.05, 3.63) is 121 Å². The molecule has 8 aromatic rings. The Balaban J connectivity index is 1.42. The van der Waals surface area contributed by atoms with E-state index in [9.17, 15) is 0 Å². The molecule has 0 saturated carbocycles. The molecule has 6 aromatic carbocycles. The van der Waals surface area contributed by atoms with E-state index in [0.717, 1.165) is 33.5 Å². The summed E-state index contributed by atoms with van der Waals surface area (Å²) >= 11 is 1.85. The van der Waals surface area contributed by atoms with Gasteiger partial charge >= 0.3 is 0 Å². The summed E-state index contributed by atoms with van der Waals surface area (Å²) in [5, 5.41) is 6.32. The average molecular weight is 513 g/mol. The molecule has 180 valence electrons. The van der Waals surface area contributed by atoms with Gasteiger partial charge in [0.25, 0.3) is 0 Å². The van der Waals surface area contributed by atoms with E-state index in [-0.39, 0.29) is 0 Å². The molecule has 0 N–H and O–H groups in total. The highest BCUT2D eigenvalue weighted by Crippen LogP contribution is 2.52. The van der Waals surface area contributed by atoms with Crippen LogP contribution in [-0.4, -0.2) is 9.97 Å². The fourth-order valence-corrected chi connectivity index (χ4v) is 7.61. The summed E-state index contributed by atoms with van der Waals surface area (Å²) in [6, 6.07) is 43.4. The largest absolute Gasteiger partial charge is 0.228 e. The van der Waals surface area contributed by atoms with Gasteiger partial charge in [0.2, 0.25) is 0 Å². The highest BCUT2D eigenvalue weighted by atomic mass is 32.1. The number of aromatic nitrogens is 2. The first-order chi connectivity index (χ1) is 19.3. The number of hydrogen-bond donors (Lipinski definition) is 0. The van der Waals surface area contributed by atoms with Gasteiger partial charge in [0.05, 0.1) is 11.2 Å². The van der Waals surface area contributed by atoms with Crippen molar-refractivity contribution in [2.45, 2.75) is 0 Å². The molecule has 0 radical (unpaired) electrons. The molecule has 0 spiro atoms. The summed E-state index contributed by atoms with van der Waals surface area (Å²) < 4.78 is 2.54. The van der Waals surface area contributed by atoms with E-state index >= 15 is 0 Å². The van der Waals surface area contributed by atoms with Gasteiger partial charge in [-0.1, -0.05) is 103 Å². The van der Waals surface area contributed by atoms with Gasteiger partial charge in [-0.25, -0.2) is 9.97 Å². The molecule has 0 unspecified atom stereocenters. The Morgan fingerprint density at radius 3 is 1.95 bits per heavy atom. The zero-order valence-corrected chi connectivity index (χ0v) is 21.7. The number of para-hydroxylation sites is 1. The van der Waals surface area contributed by atoms with Crippen molar-refractivity contribution >= 4 is 53.2 Å². The van der Waals surface area contributed by atoms with Crippen LogP contribution >= 0.6 is 11.3 Å². The van der Waals surface area contributed by atoms with Crippen LogP contribution in [0.2, 0.25) is 0 Å². The molecule has 1 aliphatic rings. The first kappa shape index (κ1) is 21.1. The standard InChI is InChI=1S/C36H20N2S/c1-2-9-22(10-3-1)34-27-13-4-5-17-29(27)37-36(38-34)28-20-19-26-24-15-7-12-21-11-6-14-23(31(21)24)25-16-8-18-30-32(25)33(26)35(28)39-30/h1-20H. The van der Waals surface area contributed by atoms with Crippen LogP contribution in [0.1, 0.15) is 0 Å². The van der Waals surface area contributed by atoms with Crippen molar-refractivity contribution in [1.29, 1.82) is 0 Å². The molecule has 0 atom stereocenters. The fraction of sp³-hybridized carbons (Fsp3) is 0. The lowest BCUT2D eigenvalue weighted by Crippen LogP contribution is -1.95. The third-order valence-corrected chi connectivity index (χ3v) is 9.21. The van der Waals surface area contributed by atoms with E-state index in [1.807, 2.05) is 17.4 Å². The molecule has 3 heteroatoms. The minimum absolute atomic E-state index is 0.771. The van der Waals surface area contributed by atoms with Crippen LogP contribution in [0.3, 0.4) is 0 Å². The van der Waals surface area contributed by atoms with Gasteiger partial charge in [0, 0.05) is 36.7 Å². The second kappa shape index (κ2) is 7.83. The molecule has 1 aliphatic carbocycles. The van der Waals surface area contributed by atoms with E-state index < -0.39 is 0 Å². The van der Waals surface area contributed by atoms with Gasteiger partial charge in [-0.15, -0.1) is 11.3 Å². The van der Waals surface area contributed by atoms with Crippen molar-refractivity contribution < 1.29 is 0 Å². The van der Waals surface area contributed by atoms with Gasteiger partial charge < -0.3 is 0 Å². The minimum atomic E-state index is 0.771. The van der Waals surface area contributed by atoms with E-state index in [0.29, 0.717) is 0 Å². The van der Waals surface area contributed by atoms with Gasteiger partial charge in [0.15, 0.2) is 5.82 Å². The van der Waals surface area contributed by atoms with Crippen molar-refractivity contribution in [2.75, 3.05) is 0 Å². The van der Waals surface area contributed by atoms with Crippen LogP contribution in [0.4, 0.5) is 0 Å². The highest BCUT2D eigenvalue weighted by molar-refractivity contribution is 7.26. The molecule has 0 amide bonds. The maximum Gasteiger partial charge on any atom is 0.161 e. The molecular weight excluding hydrogens is 492 g/mol. The summed E-state index contributed by atoms with van der Waals surface area (Å²) in [6.45, 7) is 0. The smallest absolute Gasteiger partial charge is 0.161 e. The first-order valence-corrected chi connectivity index (χ1v) is 14.0. The lowest BCUT2D eigenvalue weighted by molar-refractivity contribution is 1.24. The molecule has 2 nitrogen and oxygen atoms in total. The second-order valence-corrected chi connectivity index (χ2v) is 11.2. The average Bonchev–Trinajstić information content (AvgIpc) is 3.34. The van der Waals surface area contributed by atoms with Crippen molar-refractivity contribution in [3.63, 3.8) is 0 Å². The molecule has 0 aliphatic heterocycles. The Hall–Kier alpha value is -4.86. The quantitative estimate of drug-likeness (QED) is 0.230. The Kier molecular flexibility index (Phi) is 4.24. The molecule has 2 heterocycles. The Morgan fingerprint density at radius 1 is 0.462 bits per heavy atom. The third-order valence-electron chi connectivity index (χ3n) is 8.02. The maximum atomic E-state index is 5.23. The van der Waals surface area contributed by atoms with Gasteiger partial charge in [0.1, 0.15) is 0 Å². The van der Waals surface area contributed by atoms with Gasteiger partial charge in [-0.05, 0) is 51.2 Å². The molecule has 2 aromatic heterocycles. The Bertz CT molecular complexity index is 2270. The van der Waals surface area contributed by atoms with E-state index in [1.165, 1.54) is 53.2 Å². The predicted molar refractivity (Wildman–Crippen MR) is 165 cm³/mol. The number of rotatable bonds is 2. The Morgan fingerprint density at radius 2 is 1.13 bits per heavy atom. The van der Waals surface area contributed by atoms with Crippen LogP contribution in [0.5, 0.6) is 0 Å². The number of thiophene rings is 1. The molecular formula is C36H20N2S. The van der Waals surface area contributed by atoms with E-state index in [1.54, 1.807) is 0 Å².